The van der Waals surface area contributed by atoms with Crippen LogP contribution in [0.3, 0.4) is 0 Å². The monoisotopic (exact) mass is 171 g/mol. The SMILES string of the molecule is Fc1c(Cl)nsc1Cl. The molecule has 1 nitrogen and oxygen atoms in total. The zero-order valence-electron chi connectivity index (χ0n) is 3.49. The summed E-state index contributed by atoms with van der Waals surface area (Å²) in [7, 11) is 0. The smallest absolute Gasteiger partial charge is 0.191 e. The van der Waals surface area contributed by atoms with Gasteiger partial charge in [0, 0.05) is 0 Å². The van der Waals surface area contributed by atoms with Crippen LogP contribution in [0.2, 0.25) is 9.49 Å². The van der Waals surface area contributed by atoms with E-state index in [-0.39, 0.29) is 9.49 Å². The summed E-state index contributed by atoms with van der Waals surface area (Å²) in [5.41, 5.74) is 0. The van der Waals surface area contributed by atoms with Crippen molar-refractivity contribution in [3.63, 3.8) is 0 Å². The van der Waals surface area contributed by atoms with Gasteiger partial charge in [0.15, 0.2) is 15.3 Å². The van der Waals surface area contributed by atoms with E-state index in [1.54, 1.807) is 0 Å². The van der Waals surface area contributed by atoms with Crippen LogP contribution in [-0.2, 0) is 0 Å². The van der Waals surface area contributed by atoms with Crippen molar-refractivity contribution in [1.82, 2.24) is 4.37 Å². The first-order chi connectivity index (χ1) is 3.72. The van der Waals surface area contributed by atoms with Gasteiger partial charge < -0.3 is 0 Å². The Morgan fingerprint density at radius 1 is 1.50 bits per heavy atom. The minimum Gasteiger partial charge on any atom is -0.201 e. The molecule has 0 bridgehead atoms. The zero-order chi connectivity index (χ0) is 6.15. The van der Waals surface area contributed by atoms with Crippen molar-refractivity contribution in [2.45, 2.75) is 0 Å². The van der Waals surface area contributed by atoms with E-state index in [0.29, 0.717) is 0 Å². The molecule has 0 saturated carbocycles. The summed E-state index contributed by atoms with van der Waals surface area (Å²) in [5, 5.41) is -0.153. The number of nitrogens with zero attached hydrogens (tertiary/aromatic N) is 1. The summed E-state index contributed by atoms with van der Waals surface area (Å²) < 4.78 is 15.6. The highest BCUT2D eigenvalue weighted by molar-refractivity contribution is 7.10. The Kier molecular flexibility index (Phi) is 1.70. The van der Waals surface area contributed by atoms with E-state index in [1.165, 1.54) is 0 Å². The number of rotatable bonds is 0. The molecule has 0 aromatic carbocycles. The molecule has 1 rings (SSSR count). The molecule has 0 atom stereocenters. The van der Waals surface area contributed by atoms with E-state index < -0.39 is 5.82 Å². The first kappa shape index (κ1) is 6.26. The largest absolute Gasteiger partial charge is 0.201 e. The van der Waals surface area contributed by atoms with E-state index in [1.807, 2.05) is 0 Å². The van der Waals surface area contributed by atoms with Crippen LogP contribution in [0.5, 0.6) is 0 Å². The van der Waals surface area contributed by atoms with E-state index in [4.69, 9.17) is 23.2 Å². The molecule has 0 amide bonds. The molecule has 8 heavy (non-hydrogen) atoms. The van der Waals surface area contributed by atoms with Crippen molar-refractivity contribution in [3.8, 4) is 0 Å². The van der Waals surface area contributed by atoms with Crippen molar-refractivity contribution < 1.29 is 4.39 Å². The lowest BCUT2D eigenvalue weighted by molar-refractivity contribution is 0.631. The topological polar surface area (TPSA) is 12.9 Å². The lowest BCUT2D eigenvalue weighted by Gasteiger charge is -1.74. The van der Waals surface area contributed by atoms with Crippen molar-refractivity contribution in [2.24, 2.45) is 0 Å². The van der Waals surface area contributed by atoms with Gasteiger partial charge in [-0.25, -0.2) is 4.39 Å². The predicted octanol–water partition coefficient (Wildman–Crippen LogP) is 2.59. The molecule has 0 aliphatic heterocycles. The molecular formula is C3Cl2FNS. The molecular weight excluding hydrogens is 172 g/mol. The molecule has 0 radical (unpaired) electrons. The first-order valence-corrected chi connectivity index (χ1v) is 3.21. The third-order valence-corrected chi connectivity index (χ3v) is 1.90. The Balaban J connectivity index is 3.19. The second kappa shape index (κ2) is 2.17. The lowest BCUT2D eigenvalue weighted by Crippen LogP contribution is -1.64. The summed E-state index contributed by atoms with van der Waals surface area (Å²) >= 11 is 11.2. The molecule has 0 N–H and O–H groups in total. The van der Waals surface area contributed by atoms with Crippen LogP contribution in [0.15, 0.2) is 0 Å². The molecule has 1 aromatic rings. The fourth-order valence-corrected chi connectivity index (χ4v) is 1.15. The van der Waals surface area contributed by atoms with Crippen LogP contribution >= 0.6 is 34.7 Å². The molecule has 0 unspecified atom stereocenters. The fraction of sp³-hybridized carbons (Fsp3) is 0. The van der Waals surface area contributed by atoms with Gasteiger partial charge in [-0.2, -0.15) is 4.37 Å². The Morgan fingerprint density at radius 2 is 2.12 bits per heavy atom. The maximum absolute atomic E-state index is 12.2. The van der Waals surface area contributed by atoms with Gasteiger partial charge in [-0.15, -0.1) is 0 Å². The van der Waals surface area contributed by atoms with E-state index in [9.17, 15) is 4.39 Å². The standard InChI is InChI=1S/C3Cl2FNS/c4-2-1(6)3(5)8-7-2. The minimum absolute atomic E-state index is 0.00926. The highest BCUT2D eigenvalue weighted by atomic mass is 35.5. The van der Waals surface area contributed by atoms with Crippen LogP contribution in [0.25, 0.3) is 0 Å². The van der Waals surface area contributed by atoms with Gasteiger partial charge >= 0.3 is 0 Å². The average molecular weight is 172 g/mol. The summed E-state index contributed by atoms with van der Waals surface area (Å²) in [6.45, 7) is 0. The summed E-state index contributed by atoms with van der Waals surface area (Å²) in [5.74, 6) is -0.627. The van der Waals surface area contributed by atoms with E-state index >= 15 is 0 Å². The number of hydrogen-bond acceptors (Lipinski definition) is 2. The van der Waals surface area contributed by atoms with Crippen LogP contribution in [0.4, 0.5) is 4.39 Å². The number of aromatic nitrogens is 1. The molecule has 1 aromatic heterocycles. The van der Waals surface area contributed by atoms with Gasteiger partial charge in [0.2, 0.25) is 0 Å². The van der Waals surface area contributed by atoms with Crippen molar-refractivity contribution >= 4 is 34.7 Å². The zero-order valence-corrected chi connectivity index (χ0v) is 5.82. The van der Waals surface area contributed by atoms with Crippen LogP contribution < -0.4 is 0 Å². The van der Waals surface area contributed by atoms with Crippen LogP contribution in [0.1, 0.15) is 0 Å². The Labute approximate surface area is 59.2 Å². The fourth-order valence-electron chi connectivity index (χ4n) is 0.241. The van der Waals surface area contributed by atoms with Gasteiger partial charge in [0.25, 0.3) is 0 Å². The first-order valence-electron chi connectivity index (χ1n) is 1.68. The molecule has 0 aliphatic rings. The Morgan fingerprint density at radius 3 is 2.25 bits per heavy atom. The summed E-state index contributed by atoms with van der Waals surface area (Å²) in [6.07, 6.45) is 0. The summed E-state index contributed by atoms with van der Waals surface area (Å²) in [6, 6.07) is 0. The molecule has 5 heteroatoms. The average Bonchev–Trinajstić information content (AvgIpc) is 1.98. The molecule has 0 fully saturated rings. The second-order valence-electron chi connectivity index (χ2n) is 1.06. The van der Waals surface area contributed by atoms with Gasteiger partial charge in [-0.05, 0) is 11.5 Å². The summed E-state index contributed by atoms with van der Waals surface area (Å²) in [4.78, 5) is 0. The highest BCUT2D eigenvalue weighted by Gasteiger charge is 2.07. The Bertz CT molecular complexity index is 180. The third-order valence-electron chi connectivity index (χ3n) is 0.560. The van der Waals surface area contributed by atoms with Gasteiger partial charge in [0.05, 0.1) is 0 Å². The maximum atomic E-state index is 12.2. The van der Waals surface area contributed by atoms with Gasteiger partial charge in [-0.3, -0.25) is 0 Å². The molecule has 0 saturated heterocycles. The molecule has 0 spiro atoms. The molecule has 44 valence electrons. The molecule has 1 heterocycles. The van der Waals surface area contributed by atoms with Gasteiger partial charge in [0.1, 0.15) is 0 Å². The van der Waals surface area contributed by atoms with Gasteiger partial charge in [-0.1, -0.05) is 23.2 Å². The number of halogens is 3. The Hall–Kier alpha value is 0.140. The van der Waals surface area contributed by atoms with Crippen molar-refractivity contribution in [3.05, 3.63) is 15.3 Å². The van der Waals surface area contributed by atoms with Crippen molar-refractivity contribution in [1.29, 1.82) is 0 Å². The van der Waals surface area contributed by atoms with E-state index in [0.717, 1.165) is 11.5 Å². The quantitative estimate of drug-likeness (QED) is 0.585. The van der Waals surface area contributed by atoms with Crippen LogP contribution in [-0.4, -0.2) is 4.37 Å². The third kappa shape index (κ3) is 0.940. The van der Waals surface area contributed by atoms with E-state index in [2.05, 4.69) is 4.37 Å². The molecule has 0 aliphatic carbocycles. The predicted molar refractivity (Wildman–Crippen MR) is 32.1 cm³/mol. The van der Waals surface area contributed by atoms with Crippen molar-refractivity contribution in [2.75, 3.05) is 0 Å². The lowest BCUT2D eigenvalue weighted by atomic mass is 10.7. The van der Waals surface area contributed by atoms with Crippen LogP contribution in [0, 0.1) is 5.82 Å². The minimum atomic E-state index is -0.627. The normalized spacial score (nSPS) is 9.88. The number of hydrogen-bond donors (Lipinski definition) is 0. The maximum Gasteiger partial charge on any atom is 0.191 e. The highest BCUT2D eigenvalue weighted by Crippen LogP contribution is 2.25. The second-order valence-corrected chi connectivity index (χ2v) is 2.79.